The molecule has 0 amide bonds. The highest BCUT2D eigenvalue weighted by atomic mass is 16.6. The Hall–Kier alpha value is -2.03. The van der Waals surface area contributed by atoms with Crippen LogP contribution in [0.1, 0.15) is 61.3 Å². The van der Waals surface area contributed by atoms with E-state index in [0.717, 1.165) is 0 Å². The second-order valence-corrected chi connectivity index (χ2v) is 10.6. The number of hydrogen-bond acceptors (Lipinski definition) is 8. The van der Waals surface area contributed by atoms with Crippen LogP contribution >= 0.6 is 0 Å². The highest BCUT2D eigenvalue weighted by molar-refractivity contribution is 6.04. The molecule has 3 aliphatic carbocycles. The summed E-state index contributed by atoms with van der Waals surface area (Å²) in [5.74, 6) is -3.65. The summed E-state index contributed by atoms with van der Waals surface area (Å²) in [6.45, 7) is 11.2. The van der Waals surface area contributed by atoms with Crippen LogP contribution in [-0.2, 0) is 23.9 Å². The molecule has 0 saturated heterocycles. The van der Waals surface area contributed by atoms with Gasteiger partial charge in [-0.05, 0) is 24.5 Å². The molecule has 3 aliphatic rings. The van der Waals surface area contributed by atoms with Crippen LogP contribution in [0.4, 0.5) is 0 Å². The number of rotatable bonds is 6. The molecule has 184 valence electrons. The van der Waals surface area contributed by atoms with Gasteiger partial charge in [-0.2, -0.15) is 0 Å². The maximum atomic E-state index is 13.0. The molecule has 0 spiro atoms. The fourth-order valence-corrected chi connectivity index (χ4v) is 6.28. The Morgan fingerprint density at radius 1 is 1.21 bits per heavy atom. The van der Waals surface area contributed by atoms with Crippen LogP contribution in [-0.4, -0.2) is 62.6 Å². The van der Waals surface area contributed by atoms with Crippen molar-refractivity contribution in [1.29, 1.82) is 0 Å². The van der Waals surface area contributed by atoms with Crippen molar-refractivity contribution in [2.75, 3.05) is 6.61 Å². The molecule has 3 rings (SSSR count). The van der Waals surface area contributed by atoms with Crippen molar-refractivity contribution in [2.24, 2.45) is 23.2 Å². The van der Waals surface area contributed by atoms with Crippen molar-refractivity contribution in [2.45, 2.75) is 84.2 Å². The van der Waals surface area contributed by atoms with E-state index < -0.39 is 57.9 Å². The first-order valence-electron chi connectivity index (χ1n) is 11.4. The number of hydrogen-bond donors (Lipinski definition) is 3. The molecule has 0 aliphatic heterocycles. The zero-order valence-corrected chi connectivity index (χ0v) is 20.5. The summed E-state index contributed by atoms with van der Waals surface area (Å²) >= 11 is 0. The van der Waals surface area contributed by atoms with Gasteiger partial charge in [-0.1, -0.05) is 39.8 Å². The molecule has 0 heterocycles. The number of carbonyl (C=O) groups is 3. The third kappa shape index (κ3) is 3.58. The Labute approximate surface area is 194 Å². The highest BCUT2D eigenvalue weighted by Gasteiger charge is 2.78. The van der Waals surface area contributed by atoms with E-state index in [1.165, 1.54) is 13.8 Å². The van der Waals surface area contributed by atoms with Crippen molar-refractivity contribution >= 4 is 17.7 Å². The molecule has 0 bridgehead atoms. The van der Waals surface area contributed by atoms with Crippen LogP contribution in [0, 0.1) is 23.2 Å². The van der Waals surface area contributed by atoms with Crippen molar-refractivity contribution in [3.8, 4) is 0 Å². The molecular weight excluding hydrogens is 428 g/mol. The maximum absolute atomic E-state index is 13.0. The molecule has 0 unspecified atom stereocenters. The minimum Gasteiger partial charge on any atom is -0.458 e. The first-order valence-corrected chi connectivity index (χ1v) is 11.4. The molecule has 33 heavy (non-hydrogen) atoms. The van der Waals surface area contributed by atoms with Crippen LogP contribution < -0.4 is 0 Å². The van der Waals surface area contributed by atoms with Gasteiger partial charge in [-0.15, -0.1) is 0 Å². The SMILES string of the molecule is CC(=O)O[C@H]([C@@H](C)[C@@]1(O)CC=C(CO)C[C@]2(O)C(=O)C(C)=C[C@@H]12)[C@]1(OC(C)=O)[C@H](C)C1(C)C. The van der Waals surface area contributed by atoms with E-state index in [0.29, 0.717) is 11.1 Å². The van der Waals surface area contributed by atoms with Gasteiger partial charge in [0.2, 0.25) is 0 Å². The third-order valence-corrected chi connectivity index (χ3v) is 8.56. The van der Waals surface area contributed by atoms with E-state index in [1.54, 1.807) is 26.0 Å². The van der Waals surface area contributed by atoms with Crippen molar-refractivity contribution in [3.63, 3.8) is 0 Å². The molecular formula is C25H36O8. The van der Waals surface area contributed by atoms with Gasteiger partial charge in [0, 0.05) is 43.4 Å². The molecule has 8 nitrogen and oxygen atoms in total. The van der Waals surface area contributed by atoms with E-state index in [1.807, 2.05) is 20.8 Å². The Kier molecular flexibility index (Phi) is 6.23. The summed E-state index contributed by atoms with van der Waals surface area (Å²) in [5, 5.41) is 33.4. The lowest BCUT2D eigenvalue weighted by Gasteiger charge is -2.46. The molecule has 8 heteroatoms. The minimum absolute atomic E-state index is 0.0107. The van der Waals surface area contributed by atoms with Crippen LogP contribution in [0.2, 0.25) is 0 Å². The lowest BCUT2D eigenvalue weighted by Crippen LogP contribution is -2.60. The van der Waals surface area contributed by atoms with Gasteiger partial charge in [0.15, 0.2) is 11.4 Å². The summed E-state index contributed by atoms with van der Waals surface area (Å²) in [6, 6.07) is 0. The molecule has 0 radical (unpaired) electrons. The van der Waals surface area contributed by atoms with E-state index in [4.69, 9.17) is 9.47 Å². The molecule has 1 fully saturated rings. The van der Waals surface area contributed by atoms with Crippen molar-refractivity contribution in [3.05, 3.63) is 23.3 Å². The van der Waals surface area contributed by atoms with E-state index in [2.05, 4.69) is 0 Å². The average Bonchev–Trinajstić information content (AvgIpc) is 3.08. The molecule has 0 aromatic rings. The van der Waals surface area contributed by atoms with Crippen LogP contribution in [0.25, 0.3) is 0 Å². The molecule has 0 aromatic heterocycles. The van der Waals surface area contributed by atoms with E-state index in [9.17, 15) is 29.7 Å². The van der Waals surface area contributed by atoms with Crippen molar-refractivity contribution < 1.29 is 39.2 Å². The lowest BCUT2D eigenvalue weighted by atomic mass is 9.66. The minimum atomic E-state index is -1.93. The maximum Gasteiger partial charge on any atom is 0.303 e. The quantitative estimate of drug-likeness (QED) is 0.401. The predicted molar refractivity (Wildman–Crippen MR) is 119 cm³/mol. The van der Waals surface area contributed by atoms with Gasteiger partial charge in [-0.3, -0.25) is 14.4 Å². The predicted octanol–water partition coefficient (Wildman–Crippen LogP) is 1.85. The Morgan fingerprint density at radius 3 is 2.24 bits per heavy atom. The largest absolute Gasteiger partial charge is 0.458 e. The number of Topliss-reactive ketones (excluding diaryl/α,β-unsaturated/α-hetero) is 1. The number of ether oxygens (including phenoxy) is 2. The average molecular weight is 465 g/mol. The first kappa shape index (κ1) is 25.6. The summed E-state index contributed by atoms with van der Waals surface area (Å²) in [5.41, 5.74) is -4.63. The smallest absolute Gasteiger partial charge is 0.303 e. The monoisotopic (exact) mass is 464 g/mol. The normalized spacial score (nSPS) is 38.9. The standard InChI is InChI=1S/C25H36O8/c1-13-10-19-23(30,9-8-18(12-26)11-24(19,31)20(13)29)14(2)21(32-16(4)27)25(33-17(5)28)15(3)22(25,6)7/h8,10,14-15,19,21,26,30-31H,9,11-12H2,1-7H3/t14-,15-,19+,21-,23+,24-,25-/m1/s1. The van der Waals surface area contributed by atoms with Crippen LogP contribution in [0.15, 0.2) is 23.3 Å². The van der Waals surface area contributed by atoms with Crippen LogP contribution in [0.3, 0.4) is 0 Å². The molecule has 1 saturated carbocycles. The second kappa shape index (κ2) is 8.03. The van der Waals surface area contributed by atoms with Gasteiger partial charge < -0.3 is 24.8 Å². The second-order valence-electron chi connectivity index (χ2n) is 10.6. The summed E-state index contributed by atoms with van der Waals surface area (Å²) in [6.07, 6.45) is 2.07. The number of aliphatic hydroxyl groups is 3. The summed E-state index contributed by atoms with van der Waals surface area (Å²) < 4.78 is 11.6. The summed E-state index contributed by atoms with van der Waals surface area (Å²) in [7, 11) is 0. The number of carbonyl (C=O) groups excluding carboxylic acids is 3. The number of esters is 2. The van der Waals surface area contributed by atoms with Gasteiger partial charge in [0.05, 0.1) is 12.2 Å². The first-order chi connectivity index (χ1) is 15.1. The molecule has 3 N–H and O–H groups in total. The fourth-order valence-electron chi connectivity index (χ4n) is 6.28. The van der Waals surface area contributed by atoms with Gasteiger partial charge in [0.25, 0.3) is 0 Å². The number of ketones is 1. The number of aliphatic hydroxyl groups excluding tert-OH is 1. The Bertz CT molecular complexity index is 933. The van der Waals surface area contributed by atoms with Crippen molar-refractivity contribution in [1.82, 2.24) is 0 Å². The van der Waals surface area contributed by atoms with Gasteiger partial charge in [-0.25, -0.2) is 0 Å². The Morgan fingerprint density at radius 2 is 1.79 bits per heavy atom. The third-order valence-electron chi connectivity index (χ3n) is 8.56. The van der Waals surface area contributed by atoms with Crippen LogP contribution in [0.5, 0.6) is 0 Å². The van der Waals surface area contributed by atoms with Gasteiger partial charge >= 0.3 is 11.9 Å². The van der Waals surface area contributed by atoms with E-state index in [-0.39, 0.29) is 25.4 Å². The topological polar surface area (TPSA) is 130 Å². The zero-order chi connectivity index (χ0) is 25.1. The number of fused-ring (bicyclic) bond motifs is 1. The molecule has 7 atom stereocenters. The zero-order valence-electron chi connectivity index (χ0n) is 20.5. The molecule has 0 aromatic carbocycles. The summed E-state index contributed by atoms with van der Waals surface area (Å²) in [4.78, 5) is 37.2. The lowest BCUT2D eigenvalue weighted by molar-refractivity contribution is -0.201. The highest BCUT2D eigenvalue weighted by Crippen LogP contribution is 2.68. The Balaban J connectivity index is 2.16. The van der Waals surface area contributed by atoms with Gasteiger partial charge in [0.1, 0.15) is 11.7 Å². The fraction of sp³-hybridized carbons (Fsp3) is 0.720. The van der Waals surface area contributed by atoms with E-state index >= 15 is 0 Å².